The van der Waals surface area contributed by atoms with Crippen molar-refractivity contribution in [1.82, 2.24) is 0 Å². The molecule has 0 amide bonds. The summed E-state index contributed by atoms with van der Waals surface area (Å²) < 4.78 is 5.72. The highest BCUT2D eigenvalue weighted by molar-refractivity contribution is 8.00. The van der Waals surface area contributed by atoms with Crippen molar-refractivity contribution < 1.29 is 9.84 Å². The van der Waals surface area contributed by atoms with Crippen molar-refractivity contribution in [3.63, 3.8) is 0 Å². The first-order valence-corrected chi connectivity index (χ1v) is 6.28. The van der Waals surface area contributed by atoms with E-state index < -0.39 is 4.93 Å². The van der Waals surface area contributed by atoms with Crippen molar-refractivity contribution in [3.05, 3.63) is 0 Å². The number of hydrogen-bond donors (Lipinski definition) is 1. The van der Waals surface area contributed by atoms with Gasteiger partial charge in [-0.3, -0.25) is 0 Å². The van der Waals surface area contributed by atoms with Crippen molar-refractivity contribution in [1.29, 1.82) is 0 Å². The molecule has 1 saturated carbocycles. The van der Waals surface area contributed by atoms with Crippen molar-refractivity contribution >= 4 is 11.8 Å². The summed E-state index contributed by atoms with van der Waals surface area (Å²) in [5.41, 5.74) is 0. The Morgan fingerprint density at radius 2 is 2.15 bits per heavy atom. The molecule has 2 aliphatic rings. The molecule has 2 fully saturated rings. The monoisotopic (exact) mass is 202 g/mol. The second-order valence-electron chi connectivity index (χ2n) is 4.01. The van der Waals surface area contributed by atoms with E-state index in [1.807, 2.05) is 0 Å². The first-order valence-electron chi connectivity index (χ1n) is 5.29. The fourth-order valence-electron chi connectivity index (χ4n) is 2.15. The van der Waals surface area contributed by atoms with E-state index in [1.165, 1.54) is 12.8 Å². The van der Waals surface area contributed by atoms with Crippen LogP contribution in [0.15, 0.2) is 0 Å². The Hall–Kier alpha value is 0.270. The molecule has 0 radical (unpaired) electrons. The number of fused-ring (bicyclic) bond motifs is 1. The molecule has 2 rings (SSSR count). The maximum Gasteiger partial charge on any atom is 0.136 e. The normalized spacial score (nSPS) is 41.8. The van der Waals surface area contributed by atoms with Crippen LogP contribution in [0.1, 0.15) is 38.5 Å². The zero-order chi connectivity index (χ0) is 9.15. The van der Waals surface area contributed by atoms with Crippen LogP contribution in [0.2, 0.25) is 0 Å². The number of hydrogen-bond acceptors (Lipinski definition) is 3. The van der Waals surface area contributed by atoms with E-state index in [0.29, 0.717) is 0 Å². The molecule has 1 aliphatic heterocycles. The zero-order valence-electron chi connectivity index (χ0n) is 8.00. The molecule has 3 heteroatoms. The maximum atomic E-state index is 10.3. The third kappa shape index (κ3) is 2.20. The molecule has 2 unspecified atom stereocenters. The van der Waals surface area contributed by atoms with E-state index in [-0.39, 0.29) is 6.10 Å². The average Bonchev–Trinajstić information content (AvgIpc) is 2.09. The van der Waals surface area contributed by atoms with Crippen LogP contribution in [0.25, 0.3) is 0 Å². The van der Waals surface area contributed by atoms with Gasteiger partial charge in [-0.05, 0) is 37.9 Å². The van der Waals surface area contributed by atoms with Gasteiger partial charge in [0, 0.05) is 6.61 Å². The van der Waals surface area contributed by atoms with Gasteiger partial charge in [-0.2, -0.15) is 0 Å². The first-order chi connectivity index (χ1) is 6.31. The van der Waals surface area contributed by atoms with Gasteiger partial charge in [0.25, 0.3) is 0 Å². The van der Waals surface area contributed by atoms with Crippen LogP contribution in [0.4, 0.5) is 0 Å². The fourth-order valence-corrected chi connectivity index (χ4v) is 3.51. The summed E-state index contributed by atoms with van der Waals surface area (Å²) in [6.07, 6.45) is 6.77. The summed E-state index contributed by atoms with van der Waals surface area (Å²) in [6, 6.07) is 0. The molecule has 0 aromatic carbocycles. The molecule has 76 valence electrons. The van der Waals surface area contributed by atoms with Gasteiger partial charge in [-0.15, -0.1) is 11.8 Å². The minimum atomic E-state index is -0.557. The molecule has 13 heavy (non-hydrogen) atoms. The van der Waals surface area contributed by atoms with Gasteiger partial charge in [-0.25, -0.2) is 0 Å². The van der Waals surface area contributed by atoms with Crippen LogP contribution >= 0.6 is 11.8 Å². The van der Waals surface area contributed by atoms with Crippen LogP contribution < -0.4 is 0 Å². The third-order valence-corrected chi connectivity index (χ3v) is 4.42. The number of rotatable bonds is 0. The summed E-state index contributed by atoms with van der Waals surface area (Å²) >= 11 is 1.71. The number of thioether (sulfide) groups is 1. The largest absolute Gasteiger partial charge is 0.377 e. The van der Waals surface area contributed by atoms with Crippen molar-refractivity contribution in [2.45, 2.75) is 49.6 Å². The first kappa shape index (κ1) is 9.81. The molecule has 1 saturated heterocycles. The molecule has 2 nitrogen and oxygen atoms in total. The lowest BCUT2D eigenvalue weighted by atomic mass is 9.94. The Bertz CT molecular complexity index is 174. The van der Waals surface area contributed by atoms with Crippen molar-refractivity contribution in [2.24, 2.45) is 0 Å². The van der Waals surface area contributed by atoms with Crippen molar-refractivity contribution in [3.8, 4) is 0 Å². The van der Waals surface area contributed by atoms with Crippen LogP contribution in [0.3, 0.4) is 0 Å². The van der Waals surface area contributed by atoms with E-state index in [9.17, 15) is 5.11 Å². The third-order valence-electron chi connectivity index (χ3n) is 2.96. The highest BCUT2D eigenvalue weighted by Crippen LogP contribution is 2.40. The van der Waals surface area contributed by atoms with Gasteiger partial charge in [0.1, 0.15) is 4.93 Å². The smallest absolute Gasteiger partial charge is 0.136 e. The predicted octanol–water partition coefficient (Wildman–Crippen LogP) is 2.16. The molecule has 1 heterocycles. The van der Waals surface area contributed by atoms with Gasteiger partial charge < -0.3 is 9.84 Å². The molecule has 0 spiro atoms. The lowest BCUT2D eigenvalue weighted by molar-refractivity contribution is -0.0805. The van der Waals surface area contributed by atoms with E-state index in [1.54, 1.807) is 11.8 Å². The average molecular weight is 202 g/mol. The minimum absolute atomic E-state index is 0.103. The molecule has 0 bridgehead atoms. The number of aliphatic hydroxyl groups is 1. The summed E-state index contributed by atoms with van der Waals surface area (Å²) in [5.74, 6) is 1.09. The molecule has 2 atom stereocenters. The van der Waals surface area contributed by atoms with Crippen LogP contribution in [-0.4, -0.2) is 28.5 Å². The maximum absolute atomic E-state index is 10.3. The van der Waals surface area contributed by atoms with E-state index in [0.717, 1.165) is 38.0 Å². The minimum Gasteiger partial charge on any atom is -0.377 e. The summed E-state index contributed by atoms with van der Waals surface area (Å²) in [4.78, 5) is -0.557. The summed E-state index contributed by atoms with van der Waals surface area (Å²) in [6.45, 7) is 0.841. The Morgan fingerprint density at radius 1 is 1.23 bits per heavy atom. The predicted molar refractivity (Wildman–Crippen MR) is 54.8 cm³/mol. The Kier molecular flexibility index (Phi) is 3.17. The molecule has 1 aliphatic carbocycles. The van der Waals surface area contributed by atoms with E-state index >= 15 is 0 Å². The highest BCUT2D eigenvalue weighted by Gasteiger charge is 2.40. The zero-order valence-corrected chi connectivity index (χ0v) is 8.81. The second-order valence-corrected chi connectivity index (χ2v) is 5.41. The van der Waals surface area contributed by atoms with Crippen LogP contribution in [0.5, 0.6) is 0 Å². The fraction of sp³-hybridized carbons (Fsp3) is 1.00. The lowest BCUT2D eigenvalue weighted by Gasteiger charge is -2.40. The molecule has 0 aromatic rings. The van der Waals surface area contributed by atoms with E-state index in [2.05, 4.69) is 0 Å². The molecular weight excluding hydrogens is 184 g/mol. The lowest BCUT2D eigenvalue weighted by Crippen LogP contribution is -2.44. The van der Waals surface area contributed by atoms with Gasteiger partial charge in [0.2, 0.25) is 0 Å². The molecule has 1 N–H and O–H groups in total. The quantitative estimate of drug-likeness (QED) is 0.653. The SMILES string of the molecule is OC12CCCCC1OCCCCS2. The Morgan fingerprint density at radius 3 is 3.08 bits per heavy atom. The summed E-state index contributed by atoms with van der Waals surface area (Å²) in [5, 5.41) is 10.3. The standard InChI is InChI=1S/C10H18O2S/c11-10-6-2-1-5-9(10)12-7-3-4-8-13-10/h9,11H,1-8H2. The molecular formula is C10H18O2S. The van der Waals surface area contributed by atoms with Gasteiger partial charge in [0.05, 0.1) is 6.10 Å². The Labute approximate surface area is 84.0 Å². The topological polar surface area (TPSA) is 29.5 Å². The Balaban J connectivity index is 2.02. The van der Waals surface area contributed by atoms with Gasteiger partial charge >= 0.3 is 0 Å². The highest BCUT2D eigenvalue weighted by atomic mass is 32.2. The second kappa shape index (κ2) is 4.20. The van der Waals surface area contributed by atoms with Gasteiger partial charge in [-0.1, -0.05) is 6.42 Å². The van der Waals surface area contributed by atoms with Gasteiger partial charge in [0.15, 0.2) is 0 Å². The van der Waals surface area contributed by atoms with Crippen molar-refractivity contribution in [2.75, 3.05) is 12.4 Å². The van der Waals surface area contributed by atoms with Crippen LogP contribution in [0, 0.1) is 0 Å². The van der Waals surface area contributed by atoms with Crippen LogP contribution in [-0.2, 0) is 4.74 Å². The summed E-state index contributed by atoms with van der Waals surface area (Å²) in [7, 11) is 0. The molecule has 0 aromatic heterocycles. The number of ether oxygens (including phenoxy) is 1. The van der Waals surface area contributed by atoms with E-state index in [4.69, 9.17) is 4.74 Å².